The summed E-state index contributed by atoms with van der Waals surface area (Å²) in [4.78, 5) is 17.0. The number of hydrogen-bond donors (Lipinski definition) is 1. The van der Waals surface area contributed by atoms with Crippen LogP contribution in [0, 0.1) is 0 Å². The average Bonchev–Trinajstić information content (AvgIpc) is 2.93. The first-order chi connectivity index (χ1) is 11.6. The number of hydrogen-bond acceptors (Lipinski definition) is 3. The minimum atomic E-state index is -0.232. The Morgan fingerprint density at radius 2 is 1.88 bits per heavy atom. The molecule has 4 rings (SSSR count). The molecule has 0 saturated heterocycles. The second kappa shape index (κ2) is 5.49. The molecule has 1 aliphatic heterocycles. The third-order valence-electron chi connectivity index (χ3n) is 4.43. The minimum Gasteiger partial charge on any atom is -0.344 e. The van der Waals surface area contributed by atoms with E-state index in [0.717, 1.165) is 33.8 Å². The van der Waals surface area contributed by atoms with Crippen molar-refractivity contribution in [1.29, 1.82) is 0 Å². The number of aromatic nitrogens is 2. The van der Waals surface area contributed by atoms with Crippen LogP contribution < -0.4 is 5.32 Å². The Morgan fingerprint density at radius 3 is 2.58 bits per heavy atom. The van der Waals surface area contributed by atoms with Crippen LogP contribution in [0.5, 0.6) is 0 Å². The maximum Gasteiger partial charge on any atom is 0.209 e. The molecule has 4 nitrogen and oxygen atoms in total. The van der Waals surface area contributed by atoms with Crippen LogP contribution in [-0.2, 0) is 4.79 Å². The first-order valence-electron chi connectivity index (χ1n) is 7.78. The van der Waals surface area contributed by atoms with Gasteiger partial charge in [-0.15, -0.1) is 0 Å². The van der Waals surface area contributed by atoms with E-state index >= 15 is 0 Å². The largest absolute Gasteiger partial charge is 0.344 e. The molecule has 1 N–H and O–H groups in total. The molecule has 1 unspecified atom stereocenters. The van der Waals surface area contributed by atoms with E-state index in [1.165, 1.54) is 0 Å². The molecule has 2 aromatic carbocycles. The number of anilines is 1. The lowest BCUT2D eigenvalue weighted by atomic mass is 9.93. The fourth-order valence-electron chi connectivity index (χ4n) is 3.36. The van der Waals surface area contributed by atoms with Gasteiger partial charge in [0, 0.05) is 16.3 Å². The molecule has 5 heteroatoms. The Morgan fingerprint density at radius 1 is 1.17 bits per heavy atom. The van der Waals surface area contributed by atoms with Crippen LogP contribution in [0.2, 0.25) is 5.02 Å². The second-order valence-corrected chi connectivity index (χ2v) is 6.38. The summed E-state index contributed by atoms with van der Waals surface area (Å²) in [6.45, 7) is 3.58. The van der Waals surface area contributed by atoms with Gasteiger partial charge in [0.1, 0.15) is 0 Å². The number of benzene rings is 2. The lowest BCUT2D eigenvalue weighted by Crippen LogP contribution is -2.26. The van der Waals surface area contributed by atoms with E-state index in [0.29, 0.717) is 5.02 Å². The van der Waals surface area contributed by atoms with Crippen molar-refractivity contribution in [3.63, 3.8) is 0 Å². The van der Waals surface area contributed by atoms with Crippen molar-refractivity contribution in [3.8, 4) is 0 Å². The Bertz CT molecular complexity index is 986. The minimum absolute atomic E-state index is 0.0448. The van der Waals surface area contributed by atoms with Gasteiger partial charge in [0.25, 0.3) is 0 Å². The van der Waals surface area contributed by atoms with E-state index in [9.17, 15) is 4.79 Å². The molecule has 1 aromatic heterocycles. The van der Waals surface area contributed by atoms with Gasteiger partial charge in [0.15, 0.2) is 5.78 Å². The number of Topliss-reactive ketones (excluding diaryl/α,β-unsaturated/α-hetero) is 1. The van der Waals surface area contributed by atoms with Crippen molar-refractivity contribution in [2.75, 3.05) is 5.32 Å². The van der Waals surface area contributed by atoms with E-state index in [4.69, 9.17) is 11.6 Å². The van der Waals surface area contributed by atoms with Crippen molar-refractivity contribution in [1.82, 2.24) is 9.55 Å². The van der Waals surface area contributed by atoms with Crippen molar-refractivity contribution in [3.05, 3.63) is 64.7 Å². The summed E-state index contributed by atoms with van der Waals surface area (Å²) in [5, 5.41) is 4.09. The van der Waals surface area contributed by atoms with Crippen LogP contribution in [-0.4, -0.2) is 15.3 Å². The third-order valence-corrected chi connectivity index (χ3v) is 4.68. The standard InChI is InChI=1S/C19H16ClN3O/c1-11-17(12(2)24)18(13-7-9-14(20)10-8-13)22-19-21-15-5-3-4-6-16(15)23(11)19/h3-10,18H,1-2H3,(H,21,22). The molecule has 0 aliphatic carbocycles. The zero-order valence-electron chi connectivity index (χ0n) is 13.4. The van der Waals surface area contributed by atoms with Crippen molar-refractivity contribution in [2.24, 2.45) is 0 Å². The molecule has 1 atom stereocenters. The molecular weight excluding hydrogens is 322 g/mol. The van der Waals surface area contributed by atoms with Crippen LogP contribution in [0.15, 0.2) is 54.1 Å². The van der Waals surface area contributed by atoms with Crippen molar-refractivity contribution in [2.45, 2.75) is 19.9 Å². The fraction of sp³-hybridized carbons (Fsp3) is 0.158. The second-order valence-electron chi connectivity index (χ2n) is 5.94. The number of rotatable bonds is 2. The predicted molar refractivity (Wildman–Crippen MR) is 97.1 cm³/mol. The molecule has 1 aliphatic rings. The smallest absolute Gasteiger partial charge is 0.209 e. The van der Waals surface area contributed by atoms with Gasteiger partial charge in [-0.25, -0.2) is 4.98 Å². The number of para-hydroxylation sites is 2. The summed E-state index contributed by atoms with van der Waals surface area (Å²) in [6.07, 6.45) is 0. The number of imidazole rings is 1. The van der Waals surface area contributed by atoms with Gasteiger partial charge in [0.05, 0.1) is 17.1 Å². The first-order valence-corrected chi connectivity index (χ1v) is 8.15. The van der Waals surface area contributed by atoms with Crippen LogP contribution >= 0.6 is 11.6 Å². The quantitative estimate of drug-likeness (QED) is 0.738. The van der Waals surface area contributed by atoms with Gasteiger partial charge in [-0.1, -0.05) is 35.9 Å². The summed E-state index contributed by atoms with van der Waals surface area (Å²) in [6, 6.07) is 15.2. The van der Waals surface area contributed by atoms with E-state index in [-0.39, 0.29) is 11.8 Å². The van der Waals surface area contributed by atoms with Crippen LogP contribution in [0.4, 0.5) is 5.95 Å². The Hall–Kier alpha value is -2.59. The number of fused-ring (bicyclic) bond motifs is 3. The van der Waals surface area contributed by atoms with Gasteiger partial charge in [-0.05, 0) is 43.7 Å². The van der Waals surface area contributed by atoms with Gasteiger partial charge in [-0.3, -0.25) is 9.36 Å². The monoisotopic (exact) mass is 337 g/mol. The maximum absolute atomic E-state index is 12.4. The Balaban J connectivity index is 1.95. The molecule has 0 saturated carbocycles. The molecular formula is C19H16ClN3O. The third kappa shape index (κ3) is 2.22. The number of ketones is 1. The molecule has 2 heterocycles. The first kappa shape index (κ1) is 15.0. The maximum atomic E-state index is 12.4. The molecule has 0 bridgehead atoms. The van der Waals surface area contributed by atoms with Crippen LogP contribution in [0.25, 0.3) is 16.7 Å². The van der Waals surface area contributed by atoms with Crippen molar-refractivity contribution < 1.29 is 4.79 Å². The highest BCUT2D eigenvalue weighted by Gasteiger charge is 2.30. The molecule has 0 amide bonds. The number of carbonyl (C=O) groups is 1. The lowest BCUT2D eigenvalue weighted by molar-refractivity contribution is -0.113. The van der Waals surface area contributed by atoms with Gasteiger partial charge in [0.2, 0.25) is 5.95 Å². The van der Waals surface area contributed by atoms with E-state index in [1.54, 1.807) is 6.92 Å². The predicted octanol–water partition coefficient (Wildman–Crippen LogP) is 4.68. The van der Waals surface area contributed by atoms with Gasteiger partial charge >= 0.3 is 0 Å². The molecule has 0 fully saturated rings. The summed E-state index contributed by atoms with van der Waals surface area (Å²) in [5.41, 5.74) is 4.53. The normalized spacial score (nSPS) is 16.9. The molecule has 3 aromatic rings. The van der Waals surface area contributed by atoms with Crippen molar-refractivity contribution >= 4 is 40.1 Å². The highest BCUT2D eigenvalue weighted by Crippen LogP contribution is 2.38. The van der Waals surface area contributed by atoms with Gasteiger partial charge < -0.3 is 5.32 Å². The van der Waals surface area contributed by atoms with Gasteiger partial charge in [-0.2, -0.15) is 0 Å². The summed E-state index contributed by atoms with van der Waals surface area (Å²) < 4.78 is 2.01. The zero-order chi connectivity index (χ0) is 16.8. The summed E-state index contributed by atoms with van der Waals surface area (Å²) >= 11 is 6.00. The SMILES string of the molecule is CC(=O)C1=C(C)n2c(nc3ccccc32)NC1c1ccc(Cl)cc1. The number of nitrogens with zero attached hydrogens (tertiary/aromatic N) is 2. The highest BCUT2D eigenvalue weighted by molar-refractivity contribution is 6.30. The molecule has 0 spiro atoms. The summed E-state index contributed by atoms with van der Waals surface area (Å²) in [7, 11) is 0. The molecule has 0 radical (unpaired) electrons. The molecule has 24 heavy (non-hydrogen) atoms. The number of carbonyl (C=O) groups excluding carboxylic acids is 1. The number of halogens is 1. The van der Waals surface area contributed by atoms with Crippen LogP contribution in [0.1, 0.15) is 25.5 Å². The van der Waals surface area contributed by atoms with E-state index in [2.05, 4.69) is 10.3 Å². The van der Waals surface area contributed by atoms with E-state index in [1.807, 2.05) is 60.0 Å². The lowest BCUT2D eigenvalue weighted by Gasteiger charge is -2.29. The molecule has 120 valence electrons. The topological polar surface area (TPSA) is 46.9 Å². The summed E-state index contributed by atoms with van der Waals surface area (Å²) in [5.74, 6) is 0.794. The zero-order valence-corrected chi connectivity index (χ0v) is 14.1. The number of nitrogens with one attached hydrogen (secondary N) is 1. The fourth-order valence-corrected chi connectivity index (χ4v) is 3.48. The highest BCUT2D eigenvalue weighted by atomic mass is 35.5. The number of allylic oxidation sites excluding steroid dienone is 1. The van der Waals surface area contributed by atoms with Crippen LogP contribution in [0.3, 0.4) is 0 Å². The Kier molecular flexibility index (Phi) is 3.43. The van der Waals surface area contributed by atoms with E-state index < -0.39 is 0 Å². The average molecular weight is 338 g/mol. The Labute approximate surface area is 144 Å².